The molecule has 330 valence electrons. The predicted octanol–water partition coefficient (Wildman–Crippen LogP) is 6.48. The number of benzene rings is 1. The number of piperidine rings is 2. The number of amides is 6. The molecule has 1 aromatic carbocycles. The van der Waals surface area contributed by atoms with Gasteiger partial charge in [-0.3, -0.25) is 49.0 Å². The van der Waals surface area contributed by atoms with E-state index in [-0.39, 0.29) is 48.0 Å². The fourth-order valence-electron chi connectivity index (χ4n) is 7.93. The Bertz CT molecular complexity index is 2400. The summed E-state index contributed by atoms with van der Waals surface area (Å²) in [7, 11) is 0. The lowest BCUT2D eigenvalue weighted by atomic mass is 10.0. The number of thioether (sulfide) groups is 1. The molecule has 2 atom stereocenters. The lowest BCUT2D eigenvalue weighted by molar-refractivity contribution is -0.138. The highest BCUT2D eigenvalue weighted by Crippen LogP contribution is 2.36. The molecule has 7 heterocycles. The Morgan fingerprint density at radius 2 is 1.56 bits per heavy atom. The maximum absolute atomic E-state index is 12.8. The predicted molar refractivity (Wildman–Crippen MR) is 238 cm³/mol. The summed E-state index contributed by atoms with van der Waals surface area (Å²) in [5.41, 5.74) is 3.10. The Morgan fingerprint density at radius 1 is 0.841 bits per heavy atom. The van der Waals surface area contributed by atoms with Gasteiger partial charge in [-0.2, -0.15) is 0 Å². The van der Waals surface area contributed by atoms with Gasteiger partial charge in [0.05, 0.1) is 17.0 Å². The number of carbonyl (C=O) groups excluding carboxylic acids is 8. The summed E-state index contributed by atoms with van der Waals surface area (Å²) in [6.45, 7) is 3.42. The first-order valence-electron chi connectivity index (χ1n) is 21.3. The van der Waals surface area contributed by atoms with Crippen LogP contribution in [0.4, 0.5) is 0 Å². The minimum Gasteiger partial charge on any atom is -0.494 e. The molecule has 0 aliphatic carbocycles. The van der Waals surface area contributed by atoms with Crippen LogP contribution in [0, 0.1) is 0 Å². The van der Waals surface area contributed by atoms with E-state index in [0.29, 0.717) is 80.6 Å². The minimum atomic E-state index is -0.606. The summed E-state index contributed by atoms with van der Waals surface area (Å²) in [5, 5.41) is 7.23. The average molecular weight is 912 g/mol. The van der Waals surface area contributed by atoms with Crippen molar-refractivity contribution in [2.45, 2.75) is 114 Å². The summed E-state index contributed by atoms with van der Waals surface area (Å²) in [6.07, 6.45) is 8.02. The van der Waals surface area contributed by atoms with E-state index >= 15 is 0 Å². The number of fused-ring (bicyclic) bond motifs is 2. The number of imide groups is 2. The van der Waals surface area contributed by atoms with Crippen LogP contribution in [0.15, 0.2) is 65.1 Å². The summed E-state index contributed by atoms with van der Waals surface area (Å²) in [4.78, 5) is 108. The summed E-state index contributed by atoms with van der Waals surface area (Å²) in [6, 6.07) is 14.0. The quantitative estimate of drug-likeness (QED) is 0.0481. The largest absolute Gasteiger partial charge is 0.494 e. The second-order valence-corrected chi connectivity index (χ2v) is 18.9. The molecule has 63 heavy (non-hydrogen) atoms. The number of unbranched alkanes of at least 4 members (excludes halogenated alkanes) is 1. The molecule has 2 unspecified atom stereocenters. The average Bonchev–Trinajstić information content (AvgIpc) is 4.04. The van der Waals surface area contributed by atoms with Crippen LogP contribution < -0.4 is 15.4 Å². The Balaban J connectivity index is 0.000000189. The van der Waals surface area contributed by atoms with Crippen LogP contribution >= 0.6 is 34.4 Å². The van der Waals surface area contributed by atoms with Gasteiger partial charge in [-0.15, -0.1) is 34.4 Å². The zero-order valence-electron chi connectivity index (χ0n) is 35.0. The third kappa shape index (κ3) is 11.2. The molecule has 4 aliphatic heterocycles. The van der Waals surface area contributed by atoms with Crippen molar-refractivity contribution in [2.24, 2.45) is 0 Å². The van der Waals surface area contributed by atoms with Crippen LogP contribution in [0.5, 0.6) is 5.75 Å². The first-order chi connectivity index (χ1) is 30.5. The zero-order valence-corrected chi connectivity index (χ0v) is 37.4. The van der Waals surface area contributed by atoms with E-state index in [1.165, 1.54) is 22.7 Å². The molecule has 2 N–H and O–H groups in total. The van der Waals surface area contributed by atoms with Crippen molar-refractivity contribution in [3.8, 4) is 5.75 Å². The lowest BCUT2D eigenvalue weighted by Crippen LogP contribution is -2.52. The highest BCUT2D eigenvalue weighted by molar-refractivity contribution is 7.99. The Hall–Kier alpha value is -5.52. The van der Waals surface area contributed by atoms with Crippen molar-refractivity contribution in [1.82, 2.24) is 25.4 Å². The van der Waals surface area contributed by atoms with Gasteiger partial charge in [-0.05, 0) is 92.2 Å². The number of carbonyl (C=O) groups is 8. The van der Waals surface area contributed by atoms with Crippen molar-refractivity contribution < 1.29 is 43.1 Å². The van der Waals surface area contributed by atoms with E-state index in [1.54, 1.807) is 33.8 Å². The van der Waals surface area contributed by atoms with E-state index in [4.69, 9.17) is 4.74 Å². The fraction of sp³-hybridized carbons (Fsp3) is 0.413. The normalized spacial score (nSPS) is 18.1. The smallest absolute Gasteiger partial charge is 0.265 e. The minimum absolute atomic E-state index is 0.0526. The molecule has 4 aliphatic rings. The zero-order chi connectivity index (χ0) is 44.5. The molecule has 0 bridgehead atoms. The van der Waals surface area contributed by atoms with Gasteiger partial charge in [-0.25, -0.2) is 4.98 Å². The van der Waals surface area contributed by atoms with Gasteiger partial charge in [0.2, 0.25) is 23.6 Å². The number of Topliss-reactive ketones (excluding diaryl/α,β-unsaturated/α-hetero) is 2. The van der Waals surface area contributed by atoms with Crippen LogP contribution in [0.2, 0.25) is 0 Å². The number of ether oxygens (including phenoxy) is 1. The standard InChI is InChI=1S/C24H26N2O5S.C22H23N3O4S2/c27-16(6-4-5-13-31-17-7-2-1-3-8-17)9-11-21-18-14-26(24(30)19(18)15-32-21)20-10-12-22(28)25-23(20)29;1-2-10-30-21-15(4-3-9-23-21)17(26)7-5-14-11-13-12-25(22(29)19(13)31-14)16-6-8-18(27)24-20(16)28/h1-3,7-8,15,20H,4-6,9-14H2,(H,25,28,29);3-4,9,11,16H,2,5-8,10,12H2,1H3,(H,24,27,28). The van der Waals surface area contributed by atoms with Gasteiger partial charge in [0.1, 0.15) is 28.6 Å². The van der Waals surface area contributed by atoms with Gasteiger partial charge in [0, 0.05) is 72.1 Å². The number of para-hydroxylation sites is 1. The molecule has 2 fully saturated rings. The molecule has 14 nitrogen and oxygen atoms in total. The van der Waals surface area contributed by atoms with Crippen LogP contribution in [-0.4, -0.2) is 86.2 Å². The van der Waals surface area contributed by atoms with Crippen LogP contribution in [0.1, 0.15) is 122 Å². The molecule has 4 aromatic rings. The van der Waals surface area contributed by atoms with Gasteiger partial charge >= 0.3 is 0 Å². The first-order valence-corrected chi connectivity index (χ1v) is 24.0. The number of ketones is 2. The van der Waals surface area contributed by atoms with Crippen LogP contribution in [0.3, 0.4) is 0 Å². The van der Waals surface area contributed by atoms with Crippen LogP contribution in [0.25, 0.3) is 0 Å². The lowest BCUT2D eigenvalue weighted by Gasteiger charge is -2.29. The number of pyridine rings is 1. The molecule has 8 rings (SSSR count). The van der Waals surface area contributed by atoms with E-state index in [1.807, 2.05) is 47.8 Å². The maximum Gasteiger partial charge on any atom is 0.265 e. The molecular weight excluding hydrogens is 863 g/mol. The molecule has 0 saturated carbocycles. The highest BCUT2D eigenvalue weighted by atomic mass is 32.2. The molecule has 0 spiro atoms. The fourth-order valence-corrected chi connectivity index (χ4v) is 11.0. The SMILES string of the molecule is CCCSc1ncccc1C(=O)CCc1cc2c(s1)C(=O)N(C1CCC(=O)NC1=O)C2.O=C(CCCCOc1ccccc1)CCc1scc2c1CN(C1CCC(=O)NC1=O)C2=O. The molecule has 0 radical (unpaired) electrons. The number of thiophene rings is 2. The van der Waals surface area contributed by atoms with E-state index in [9.17, 15) is 38.4 Å². The number of aryl methyl sites for hydroxylation is 2. The monoisotopic (exact) mass is 911 g/mol. The topological polar surface area (TPSA) is 189 Å². The van der Waals surface area contributed by atoms with Gasteiger partial charge in [0.25, 0.3) is 11.8 Å². The third-order valence-corrected chi connectivity index (χ3v) is 14.8. The summed E-state index contributed by atoms with van der Waals surface area (Å²) in [5.74, 6) is 0.286. The van der Waals surface area contributed by atoms with Crippen molar-refractivity contribution in [3.05, 3.63) is 97.0 Å². The van der Waals surface area contributed by atoms with Crippen molar-refractivity contribution in [3.63, 3.8) is 0 Å². The highest BCUT2D eigenvalue weighted by Gasteiger charge is 2.42. The Labute approximate surface area is 377 Å². The molecule has 17 heteroatoms. The third-order valence-electron chi connectivity index (χ3n) is 11.2. The number of hydrogen-bond donors (Lipinski definition) is 2. The molecule has 3 aromatic heterocycles. The Morgan fingerprint density at radius 3 is 2.24 bits per heavy atom. The van der Waals surface area contributed by atoms with Crippen molar-refractivity contribution in [2.75, 3.05) is 12.4 Å². The van der Waals surface area contributed by atoms with Crippen molar-refractivity contribution in [1.29, 1.82) is 0 Å². The number of hydrogen-bond acceptors (Lipinski definition) is 13. The van der Waals surface area contributed by atoms with E-state index in [2.05, 4.69) is 22.5 Å². The number of aromatic nitrogens is 1. The van der Waals surface area contributed by atoms with E-state index in [0.717, 1.165) is 56.7 Å². The second kappa shape index (κ2) is 21.2. The second-order valence-electron chi connectivity index (χ2n) is 15.7. The molecule has 6 amide bonds. The van der Waals surface area contributed by atoms with E-state index < -0.39 is 23.9 Å². The summed E-state index contributed by atoms with van der Waals surface area (Å²) < 4.78 is 5.65. The Kier molecular flexibility index (Phi) is 15.3. The molecule has 2 saturated heterocycles. The van der Waals surface area contributed by atoms with Gasteiger partial charge < -0.3 is 14.5 Å². The number of nitrogens with zero attached hydrogens (tertiary/aromatic N) is 3. The maximum atomic E-state index is 12.8. The number of nitrogens with one attached hydrogen (secondary N) is 2. The van der Waals surface area contributed by atoms with Crippen LogP contribution in [-0.2, 0) is 49.9 Å². The molecular formula is C46H49N5O9S3. The number of rotatable bonds is 18. The first kappa shape index (κ1) is 45.5. The van der Waals surface area contributed by atoms with Crippen molar-refractivity contribution >= 4 is 81.4 Å². The van der Waals surface area contributed by atoms with Gasteiger partial charge in [0.15, 0.2) is 5.78 Å². The van der Waals surface area contributed by atoms with Gasteiger partial charge in [-0.1, -0.05) is 25.1 Å². The summed E-state index contributed by atoms with van der Waals surface area (Å²) >= 11 is 4.49.